The van der Waals surface area contributed by atoms with Gasteiger partial charge in [0.2, 0.25) is 10.0 Å². The van der Waals surface area contributed by atoms with Gasteiger partial charge in [-0.05, 0) is 30.5 Å². The Morgan fingerprint density at radius 3 is 2.57 bits per heavy atom. The number of aliphatic hydroxyl groups is 1. The molecule has 1 aliphatic rings. The highest BCUT2D eigenvalue weighted by Gasteiger charge is 2.39. The first-order valence-electron chi connectivity index (χ1n) is 6.83. The highest BCUT2D eigenvalue weighted by molar-refractivity contribution is 7.89. The van der Waals surface area contributed by atoms with Crippen LogP contribution in [0, 0.1) is 0 Å². The molecule has 0 spiro atoms. The van der Waals surface area contributed by atoms with Crippen molar-refractivity contribution < 1.29 is 23.0 Å². The molecule has 1 saturated carbocycles. The smallest absolute Gasteiger partial charge is 0.247 e. The zero-order chi connectivity index (χ0) is 15.5. The molecule has 1 fully saturated rings. The Balaban J connectivity index is 2.37. The van der Waals surface area contributed by atoms with Crippen LogP contribution in [0.3, 0.4) is 0 Å². The highest BCUT2D eigenvalue weighted by Crippen LogP contribution is 2.35. The van der Waals surface area contributed by atoms with E-state index in [9.17, 15) is 8.42 Å². The van der Waals surface area contributed by atoms with Crippen LogP contribution in [0.5, 0.6) is 5.75 Å². The molecule has 2 rings (SSSR count). The molecule has 0 radical (unpaired) electrons. The van der Waals surface area contributed by atoms with Gasteiger partial charge in [-0.2, -0.15) is 4.31 Å². The van der Waals surface area contributed by atoms with E-state index in [2.05, 4.69) is 0 Å². The number of hydrogen-bond acceptors (Lipinski definition) is 5. The summed E-state index contributed by atoms with van der Waals surface area (Å²) in [6, 6.07) is 4.68. The van der Waals surface area contributed by atoms with E-state index in [0.29, 0.717) is 18.7 Å². The molecular weight excluding hydrogens is 294 g/mol. The maximum absolute atomic E-state index is 12.8. The summed E-state index contributed by atoms with van der Waals surface area (Å²) in [5.74, 6) is 0.254. The van der Waals surface area contributed by atoms with Crippen LogP contribution >= 0.6 is 0 Å². The number of benzene rings is 1. The van der Waals surface area contributed by atoms with Crippen molar-refractivity contribution in [1.82, 2.24) is 4.31 Å². The van der Waals surface area contributed by atoms with Crippen LogP contribution in [0.15, 0.2) is 23.1 Å². The van der Waals surface area contributed by atoms with E-state index >= 15 is 0 Å². The molecule has 0 bridgehead atoms. The summed E-state index contributed by atoms with van der Waals surface area (Å²) in [6.07, 6.45) is 1.75. The summed E-state index contributed by atoms with van der Waals surface area (Å²) in [5.41, 5.74) is 0.612. The zero-order valence-electron chi connectivity index (χ0n) is 12.3. The predicted molar refractivity (Wildman–Crippen MR) is 77.7 cm³/mol. The molecule has 0 atom stereocenters. The van der Waals surface area contributed by atoms with Gasteiger partial charge >= 0.3 is 0 Å². The lowest BCUT2D eigenvalue weighted by Crippen LogP contribution is -2.36. The van der Waals surface area contributed by atoms with Crippen LogP contribution in [0.1, 0.15) is 18.4 Å². The van der Waals surface area contributed by atoms with E-state index in [1.165, 1.54) is 17.5 Å². The maximum Gasteiger partial charge on any atom is 0.247 e. The largest absolute Gasteiger partial charge is 0.495 e. The third kappa shape index (κ3) is 3.55. The lowest BCUT2D eigenvalue weighted by Gasteiger charge is -2.22. The predicted octanol–water partition coefficient (Wildman–Crippen LogP) is 0.987. The van der Waals surface area contributed by atoms with Gasteiger partial charge < -0.3 is 14.6 Å². The van der Waals surface area contributed by atoms with Crippen molar-refractivity contribution in [2.24, 2.45) is 0 Å². The molecule has 1 aromatic carbocycles. The van der Waals surface area contributed by atoms with Gasteiger partial charge in [0.05, 0.1) is 20.3 Å². The van der Waals surface area contributed by atoms with Crippen LogP contribution in [-0.4, -0.2) is 51.2 Å². The van der Waals surface area contributed by atoms with Crippen molar-refractivity contribution in [3.8, 4) is 5.75 Å². The average Bonchev–Trinajstić information content (AvgIpc) is 3.31. The first-order valence-corrected chi connectivity index (χ1v) is 8.27. The van der Waals surface area contributed by atoms with Gasteiger partial charge in [0.25, 0.3) is 0 Å². The molecule has 0 saturated heterocycles. The van der Waals surface area contributed by atoms with Crippen LogP contribution in [-0.2, 0) is 21.4 Å². The van der Waals surface area contributed by atoms with Gasteiger partial charge in [-0.15, -0.1) is 0 Å². The Bertz CT molecular complexity index is 583. The molecule has 7 heteroatoms. The minimum atomic E-state index is -3.63. The fourth-order valence-electron chi connectivity index (χ4n) is 2.19. The summed E-state index contributed by atoms with van der Waals surface area (Å²) >= 11 is 0. The van der Waals surface area contributed by atoms with E-state index in [-0.39, 0.29) is 23.3 Å². The number of sulfonamides is 1. The molecule has 0 heterocycles. The number of nitrogens with zero attached hydrogens (tertiary/aromatic N) is 1. The molecule has 6 nitrogen and oxygen atoms in total. The van der Waals surface area contributed by atoms with Gasteiger partial charge in [-0.1, -0.05) is 6.07 Å². The summed E-state index contributed by atoms with van der Waals surface area (Å²) in [4.78, 5) is 0.130. The Morgan fingerprint density at radius 1 is 1.33 bits per heavy atom. The van der Waals surface area contributed by atoms with Crippen molar-refractivity contribution in [2.45, 2.75) is 30.4 Å². The summed E-state index contributed by atoms with van der Waals surface area (Å²) in [6.45, 7) is 0.522. The third-order valence-electron chi connectivity index (χ3n) is 3.47. The van der Waals surface area contributed by atoms with Crippen molar-refractivity contribution in [3.63, 3.8) is 0 Å². The highest BCUT2D eigenvalue weighted by atomic mass is 32.2. The number of ether oxygens (including phenoxy) is 2. The topological polar surface area (TPSA) is 76.1 Å². The second-order valence-corrected chi connectivity index (χ2v) is 6.84. The summed E-state index contributed by atoms with van der Waals surface area (Å²) in [5, 5.41) is 9.14. The zero-order valence-corrected chi connectivity index (χ0v) is 13.1. The molecule has 0 amide bonds. The number of hydrogen-bond donors (Lipinski definition) is 1. The SMILES string of the molecule is COCCN(C1CC1)S(=O)(=O)c1ccc(CO)cc1OC. The first-order chi connectivity index (χ1) is 10.0. The van der Waals surface area contributed by atoms with Gasteiger partial charge in [0, 0.05) is 19.7 Å². The standard InChI is InChI=1S/C14H21NO5S/c1-19-8-7-15(12-4-5-12)21(17,18)14-6-3-11(10-16)9-13(14)20-2/h3,6,9,12,16H,4-5,7-8,10H2,1-2H3. The van der Waals surface area contributed by atoms with Gasteiger partial charge in [0.1, 0.15) is 10.6 Å². The van der Waals surface area contributed by atoms with Crippen molar-refractivity contribution in [2.75, 3.05) is 27.4 Å². The summed E-state index contributed by atoms with van der Waals surface area (Å²) < 4.78 is 37.3. The number of methoxy groups -OCH3 is 2. The Kier molecular flexibility index (Phi) is 5.21. The second kappa shape index (κ2) is 6.74. The lowest BCUT2D eigenvalue weighted by molar-refractivity contribution is 0.177. The van der Waals surface area contributed by atoms with E-state index < -0.39 is 10.0 Å². The summed E-state index contributed by atoms with van der Waals surface area (Å²) in [7, 11) is -0.658. The van der Waals surface area contributed by atoms with Gasteiger partial charge in [-0.3, -0.25) is 0 Å². The number of aliphatic hydroxyl groups excluding tert-OH is 1. The van der Waals surface area contributed by atoms with E-state index in [4.69, 9.17) is 14.6 Å². The number of rotatable bonds is 8. The fraction of sp³-hybridized carbons (Fsp3) is 0.571. The van der Waals surface area contributed by atoms with Gasteiger partial charge in [0.15, 0.2) is 0 Å². The molecule has 0 aliphatic heterocycles. The third-order valence-corrected chi connectivity index (χ3v) is 5.46. The van der Waals surface area contributed by atoms with Crippen LogP contribution in [0.2, 0.25) is 0 Å². The van der Waals surface area contributed by atoms with Crippen LogP contribution in [0.25, 0.3) is 0 Å². The maximum atomic E-state index is 12.8. The molecule has 1 N–H and O–H groups in total. The minimum absolute atomic E-state index is 0.0485. The Labute approximate surface area is 125 Å². The Morgan fingerprint density at radius 2 is 2.05 bits per heavy atom. The molecule has 1 aromatic rings. The molecule has 118 valence electrons. The van der Waals surface area contributed by atoms with Gasteiger partial charge in [-0.25, -0.2) is 8.42 Å². The van der Waals surface area contributed by atoms with E-state index in [1.54, 1.807) is 19.2 Å². The molecule has 0 aromatic heterocycles. The van der Waals surface area contributed by atoms with Crippen LogP contribution in [0.4, 0.5) is 0 Å². The van der Waals surface area contributed by atoms with E-state index in [0.717, 1.165) is 12.8 Å². The van der Waals surface area contributed by atoms with Crippen LogP contribution < -0.4 is 4.74 Å². The molecule has 0 unspecified atom stereocenters. The Hall–Kier alpha value is -1.15. The quantitative estimate of drug-likeness (QED) is 0.774. The minimum Gasteiger partial charge on any atom is -0.495 e. The van der Waals surface area contributed by atoms with E-state index in [1.807, 2.05) is 0 Å². The monoisotopic (exact) mass is 315 g/mol. The fourth-order valence-corrected chi connectivity index (χ4v) is 4.00. The molecule has 1 aliphatic carbocycles. The second-order valence-electron chi connectivity index (χ2n) is 4.98. The normalized spacial score (nSPS) is 15.4. The first kappa shape index (κ1) is 16.2. The van der Waals surface area contributed by atoms with Crippen molar-refractivity contribution in [1.29, 1.82) is 0 Å². The van der Waals surface area contributed by atoms with Crippen molar-refractivity contribution >= 4 is 10.0 Å². The molecular formula is C14H21NO5S. The average molecular weight is 315 g/mol. The lowest BCUT2D eigenvalue weighted by atomic mass is 10.2. The molecule has 21 heavy (non-hydrogen) atoms. The van der Waals surface area contributed by atoms with Crippen molar-refractivity contribution in [3.05, 3.63) is 23.8 Å².